The van der Waals surface area contributed by atoms with E-state index in [1.807, 2.05) is 17.0 Å². The minimum Gasteiger partial charge on any atom is -0.388 e. The minimum atomic E-state index is -1.17. The number of hydrogen-bond acceptors (Lipinski definition) is 7. The molecular formula is C22H35N3O6. The van der Waals surface area contributed by atoms with Crippen LogP contribution in [0.1, 0.15) is 31.7 Å². The van der Waals surface area contributed by atoms with Crippen molar-refractivity contribution in [1.82, 2.24) is 14.8 Å². The van der Waals surface area contributed by atoms with Crippen molar-refractivity contribution in [3.63, 3.8) is 0 Å². The topological polar surface area (TPSA) is 112 Å². The number of carbonyl (C=O) groups excluding carboxylic acids is 2. The van der Waals surface area contributed by atoms with E-state index < -0.39 is 18.3 Å². The van der Waals surface area contributed by atoms with Crippen LogP contribution < -0.4 is 0 Å². The van der Waals surface area contributed by atoms with Gasteiger partial charge in [0.05, 0.1) is 13.0 Å². The van der Waals surface area contributed by atoms with E-state index in [1.54, 1.807) is 17.3 Å². The fourth-order valence-corrected chi connectivity index (χ4v) is 3.58. The molecule has 0 bridgehead atoms. The Balaban J connectivity index is 2.06. The number of amides is 2. The zero-order valence-electron chi connectivity index (χ0n) is 18.5. The highest BCUT2D eigenvalue weighted by Gasteiger charge is 2.29. The Bertz CT molecular complexity index is 674. The summed E-state index contributed by atoms with van der Waals surface area (Å²) in [5, 5.41) is 20.6. The predicted octanol–water partition coefficient (Wildman–Crippen LogP) is 0.239. The molecule has 174 valence electrons. The van der Waals surface area contributed by atoms with E-state index in [0.29, 0.717) is 32.7 Å². The SMILES string of the molecule is CO[C@H]1CN(C(C)=O)CCCN(C(=O)Cc2cccnc2)CCCCOC[C@H](O)[C@@H]1O. The molecule has 1 aliphatic rings. The molecule has 2 amide bonds. The number of hydrogen-bond donors (Lipinski definition) is 2. The summed E-state index contributed by atoms with van der Waals surface area (Å²) in [5.74, 6) is -0.134. The van der Waals surface area contributed by atoms with E-state index in [9.17, 15) is 19.8 Å². The van der Waals surface area contributed by atoms with Gasteiger partial charge in [0.1, 0.15) is 18.3 Å². The summed E-state index contributed by atoms with van der Waals surface area (Å²) in [4.78, 5) is 32.4. The van der Waals surface area contributed by atoms with E-state index >= 15 is 0 Å². The van der Waals surface area contributed by atoms with Crippen molar-refractivity contribution in [3.8, 4) is 0 Å². The van der Waals surface area contributed by atoms with Crippen LogP contribution in [0.25, 0.3) is 0 Å². The molecule has 0 aliphatic carbocycles. The minimum absolute atomic E-state index is 0.0215. The zero-order chi connectivity index (χ0) is 22.6. The summed E-state index contributed by atoms with van der Waals surface area (Å²) in [5.41, 5.74) is 0.864. The van der Waals surface area contributed by atoms with Gasteiger partial charge in [0.2, 0.25) is 11.8 Å². The summed E-state index contributed by atoms with van der Waals surface area (Å²) in [6.07, 6.45) is 2.72. The number of rotatable bonds is 3. The Hall–Kier alpha value is -2.07. The van der Waals surface area contributed by atoms with Gasteiger partial charge >= 0.3 is 0 Å². The average molecular weight is 438 g/mol. The van der Waals surface area contributed by atoms with Crippen molar-refractivity contribution >= 4 is 11.8 Å². The highest BCUT2D eigenvalue weighted by atomic mass is 16.5. The van der Waals surface area contributed by atoms with Gasteiger partial charge in [-0.1, -0.05) is 6.07 Å². The fourth-order valence-electron chi connectivity index (χ4n) is 3.58. The molecule has 2 heterocycles. The molecule has 0 radical (unpaired) electrons. The molecule has 9 nitrogen and oxygen atoms in total. The Morgan fingerprint density at radius 1 is 1.19 bits per heavy atom. The molecule has 0 saturated carbocycles. The summed E-state index contributed by atoms with van der Waals surface area (Å²) >= 11 is 0. The third kappa shape index (κ3) is 8.53. The molecule has 1 aromatic heterocycles. The van der Waals surface area contributed by atoms with Gasteiger partial charge in [-0.3, -0.25) is 14.6 Å². The fraction of sp³-hybridized carbons (Fsp3) is 0.682. The lowest BCUT2D eigenvalue weighted by atomic mass is 10.1. The van der Waals surface area contributed by atoms with E-state index in [2.05, 4.69) is 4.98 Å². The number of aromatic nitrogens is 1. The van der Waals surface area contributed by atoms with Crippen LogP contribution in [0.15, 0.2) is 24.5 Å². The number of aliphatic hydroxyl groups excluding tert-OH is 2. The number of methoxy groups -OCH3 is 1. The quantitative estimate of drug-likeness (QED) is 0.696. The largest absolute Gasteiger partial charge is 0.388 e. The maximum Gasteiger partial charge on any atom is 0.227 e. The molecule has 3 atom stereocenters. The molecule has 0 aromatic carbocycles. The maximum atomic E-state index is 12.9. The Kier molecular flexibility index (Phi) is 10.9. The Morgan fingerprint density at radius 3 is 2.61 bits per heavy atom. The molecule has 2 rings (SSSR count). The molecule has 9 heteroatoms. The predicted molar refractivity (Wildman–Crippen MR) is 114 cm³/mol. The highest BCUT2D eigenvalue weighted by Crippen LogP contribution is 2.11. The van der Waals surface area contributed by atoms with Gasteiger partial charge in [-0.25, -0.2) is 0 Å². The lowest BCUT2D eigenvalue weighted by molar-refractivity contribution is -0.136. The second-order valence-corrected chi connectivity index (χ2v) is 7.85. The van der Waals surface area contributed by atoms with Gasteiger partial charge in [-0.15, -0.1) is 0 Å². The average Bonchev–Trinajstić information content (AvgIpc) is 2.76. The van der Waals surface area contributed by atoms with Crippen molar-refractivity contribution in [1.29, 1.82) is 0 Å². The summed E-state index contributed by atoms with van der Waals surface area (Å²) in [6.45, 7) is 3.54. The first-order valence-corrected chi connectivity index (χ1v) is 10.8. The van der Waals surface area contributed by atoms with Gasteiger partial charge in [0, 0.05) is 59.2 Å². The summed E-state index contributed by atoms with van der Waals surface area (Å²) in [6, 6.07) is 3.69. The summed E-state index contributed by atoms with van der Waals surface area (Å²) in [7, 11) is 1.44. The highest BCUT2D eigenvalue weighted by molar-refractivity contribution is 5.78. The first kappa shape index (κ1) is 25.2. The van der Waals surface area contributed by atoms with E-state index in [1.165, 1.54) is 14.0 Å². The Labute approximate surface area is 184 Å². The molecule has 31 heavy (non-hydrogen) atoms. The van der Waals surface area contributed by atoms with Gasteiger partial charge in [-0.2, -0.15) is 0 Å². The molecule has 1 aromatic rings. The van der Waals surface area contributed by atoms with Crippen LogP contribution in [-0.4, -0.2) is 102 Å². The van der Waals surface area contributed by atoms with E-state index in [0.717, 1.165) is 18.4 Å². The van der Waals surface area contributed by atoms with Gasteiger partial charge in [0.15, 0.2) is 0 Å². The lowest BCUT2D eigenvalue weighted by Crippen LogP contribution is -2.48. The van der Waals surface area contributed by atoms with Gasteiger partial charge in [-0.05, 0) is 30.9 Å². The second kappa shape index (κ2) is 13.4. The number of carbonyl (C=O) groups is 2. The first-order valence-electron chi connectivity index (χ1n) is 10.8. The van der Waals surface area contributed by atoms with Gasteiger partial charge in [0.25, 0.3) is 0 Å². The Morgan fingerprint density at radius 2 is 1.94 bits per heavy atom. The van der Waals surface area contributed by atoms with Crippen LogP contribution in [0.3, 0.4) is 0 Å². The standard InChI is InChI=1S/C22H35N3O6/c1-17(26)25-11-6-10-24(21(28)13-18-7-5-8-23-14-18)9-3-4-12-31-16-19(27)22(29)20(15-25)30-2/h5,7-8,14,19-20,22,27,29H,3-4,6,9-13,15-16H2,1-2H3/t19-,20-,22-/m0/s1. The second-order valence-electron chi connectivity index (χ2n) is 7.85. The number of aliphatic hydroxyl groups is 2. The van der Waals surface area contributed by atoms with Crippen LogP contribution in [0.2, 0.25) is 0 Å². The number of ether oxygens (including phenoxy) is 2. The smallest absolute Gasteiger partial charge is 0.227 e. The van der Waals surface area contributed by atoms with Crippen LogP contribution >= 0.6 is 0 Å². The van der Waals surface area contributed by atoms with Crippen molar-refractivity contribution in [2.75, 3.05) is 46.5 Å². The number of nitrogens with zero attached hydrogens (tertiary/aromatic N) is 3. The monoisotopic (exact) mass is 437 g/mol. The molecular weight excluding hydrogens is 402 g/mol. The van der Waals surface area contributed by atoms with Crippen LogP contribution in [0.5, 0.6) is 0 Å². The van der Waals surface area contributed by atoms with Crippen molar-refractivity contribution in [3.05, 3.63) is 30.1 Å². The lowest BCUT2D eigenvalue weighted by Gasteiger charge is -2.31. The maximum absolute atomic E-state index is 12.9. The summed E-state index contributed by atoms with van der Waals surface area (Å²) < 4.78 is 10.8. The molecule has 2 N–H and O–H groups in total. The molecule has 1 saturated heterocycles. The van der Waals surface area contributed by atoms with Gasteiger partial charge < -0.3 is 29.5 Å². The van der Waals surface area contributed by atoms with Crippen LogP contribution in [-0.2, 0) is 25.5 Å². The molecule has 1 aliphatic heterocycles. The van der Waals surface area contributed by atoms with E-state index in [4.69, 9.17) is 9.47 Å². The van der Waals surface area contributed by atoms with Crippen LogP contribution in [0.4, 0.5) is 0 Å². The third-order valence-corrected chi connectivity index (χ3v) is 5.47. The van der Waals surface area contributed by atoms with Crippen molar-refractivity contribution in [2.45, 2.75) is 50.9 Å². The molecule has 0 spiro atoms. The normalized spacial score (nSPS) is 24.8. The van der Waals surface area contributed by atoms with Crippen LogP contribution in [0, 0.1) is 0 Å². The molecule has 1 fully saturated rings. The molecule has 0 unspecified atom stereocenters. The zero-order valence-corrected chi connectivity index (χ0v) is 18.5. The number of pyridine rings is 1. The first-order chi connectivity index (χ1) is 14.9. The van der Waals surface area contributed by atoms with Crippen molar-refractivity contribution in [2.24, 2.45) is 0 Å². The third-order valence-electron chi connectivity index (χ3n) is 5.47. The van der Waals surface area contributed by atoms with Crippen molar-refractivity contribution < 1.29 is 29.3 Å². The van der Waals surface area contributed by atoms with E-state index in [-0.39, 0.29) is 31.4 Å².